The zero-order chi connectivity index (χ0) is 21.1. The maximum Gasteiger partial charge on any atom is 0.242 e. The van der Waals surface area contributed by atoms with E-state index in [1.807, 2.05) is 54.0 Å². The number of thiophene rings is 1. The van der Waals surface area contributed by atoms with E-state index in [0.717, 1.165) is 25.0 Å². The summed E-state index contributed by atoms with van der Waals surface area (Å²) in [6.45, 7) is 5.36. The summed E-state index contributed by atoms with van der Waals surface area (Å²) in [5, 5.41) is 2.09. The summed E-state index contributed by atoms with van der Waals surface area (Å²) in [6.07, 6.45) is 3.38. The number of fused-ring (bicyclic) bond motifs is 1. The van der Waals surface area contributed by atoms with Crippen molar-refractivity contribution in [2.45, 2.75) is 51.6 Å². The minimum atomic E-state index is -0.117. The molecule has 0 spiro atoms. The molecule has 5 nitrogen and oxygen atoms in total. The van der Waals surface area contributed by atoms with Crippen LogP contribution in [-0.2, 0) is 16.0 Å². The molecule has 1 fully saturated rings. The third-order valence-corrected chi connectivity index (χ3v) is 6.76. The molecule has 160 valence electrons. The SMILES string of the molecule is CC(C)CC(=O)N(CC(=O)N1CCc2sccc2C1COc1ccccc1)C1CC1. The summed E-state index contributed by atoms with van der Waals surface area (Å²) < 4.78 is 6.05. The Morgan fingerprint density at radius 2 is 1.97 bits per heavy atom. The van der Waals surface area contributed by atoms with Crippen molar-refractivity contribution in [2.75, 3.05) is 19.7 Å². The van der Waals surface area contributed by atoms with Gasteiger partial charge in [0.05, 0.1) is 6.04 Å². The molecule has 0 radical (unpaired) electrons. The standard InChI is InChI=1S/C24H30N2O3S/c1-17(2)14-23(27)26(18-8-9-18)15-24(28)25-12-10-22-20(11-13-30-22)21(25)16-29-19-6-4-3-5-7-19/h3-7,11,13,17-18,21H,8-10,12,14-16H2,1-2H3. The second-order valence-corrected chi connectivity index (χ2v) is 9.63. The van der Waals surface area contributed by atoms with Gasteiger partial charge >= 0.3 is 0 Å². The molecule has 0 N–H and O–H groups in total. The average Bonchev–Trinajstić information content (AvgIpc) is 3.45. The Morgan fingerprint density at radius 3 is 2.67 bits per heavy atom. The summed E-state index contributed by atoms with van der Waals surface area (Å²) in [5.41, 5.74) is 1.18. The Balaban J connectivity index is 1.48. The van der Waals surface area contributed by atoms with Crippen LogP contribution in [0.2, 0.25) is 0 Å². The highest BCUT2D eigenvalue weighted by atomic mass is 32.1. The first kappa shape index (κ1) is 20.9. The lowest BCUT2D eigenvalue weighted by molar-refractivity contribution is -0.143. The molecule has 2 heterocycles. The number of nitrogens with zero attached hydrogens (tertiary/aromatic N) is 2. The van der Waals surface area contributed by atoms with Gasteiger partial charge in [-0.05, 0) is 54.3 Å². The maximum absolute atomic E-state index is 13.4. The fourth-order valence-corrected chi connectivity index (χ4v) is 5.00. The molecule has 30 heavy (non-hydrogen) atoms. The third-order valence-electron chi connectivity index (χ3n) is 5.76. The highest BCUT2D eigenvalue weighted by molar-refractivity contribution is 7.10. The van der Waals surface area contributed by atoms with Gasteiger partial charge in [-0.1, -0.05) is 32.0 Å². The van der Waals surface area contributed by atoms with Crippen LogP contribution in [0.5, 0.6) is 5.75 Å². The Kier molecular flexibility index (Phi) is 6.42. The normalized spacial score (nSPS) is 18.2. The lowest BCUT2D eigenvalue weighted by Crippen LogP contribution is -2.48. The van der Waals surface area contributed by atoms with Crippen LogP contribution in [0.25, 0.3) is 0 Å². The van der Waals surface area contributed by atoms with E-state index in [1.54, 1.807) is 11.3 Å². The molecule has 1 aromatic carbocycles. The van der Waals surface area contributed by atoms with Gasteiger partial charge in [-0.2, -0.15) is 0 Å². The van der Waals surface area contributed by atoms with Gasteiger partial charge in [0, 0.05) is 23.9 Å². The molecule has 0 bridgehead atoms. The number of rotatable bonds is 8. The predicted octanol–water partition coefficient (Wildman–Crippen LogP) is 4.29. The molecule has 2 amide bonds. The fourth-order valence-electron chi connectivity index (χ4n) is 4.08. The van der Waals surface area contributed by atoms with Crippen molar-refractivity contribution in [1.29, 1.82) is 0 Å². The van der Waals surface area contributed by atoms with Crippen LogP contribution < -0.4 is 4.74 Å². The van der Waals surface area contributed by atoms with Crippen molar-refractivity contribution in [2.24, 2.45) is 5.92 Å². The highest BCUT2D eigenvalue weighted by Crippen LogP contribution is 2.35. The number of para-hydroxylation sites is 1. The molecule has 1 aliphatic carbocycles. The van der Waals surface area contributed by atoms with Gasteiger partial charge < -0.3 is 14.5 Å². The topological polar surface area (TPSA) is 49.9 Å². The highest BCUT2D eigenvalue weighted by Gasteiger charge is 2.37. The summed E-state index contributed by atoms with van der Waals surface area (Å²) in [7, 11) is 0. The van der Waals surface area contributed by atoms with Crippen LogP contribution in [0.3, 0.4) is 0 Å². The monoisotopic (exact) mass is 426 g/mol. The van der Waals surface area contributed by atoms with E-state index in [2.05, 4.69) is 11.4 Å². The van der Waals surface area contributed by atoms with Crippen LogP contribution in [0, 0.1) is 5.92 Å². The van der Waals surface area contributed by atoms with E-state index < -0.39 is 0 Å². The van der Waals surface area contributed by atoms with E-state index >= 15 is 0 Å². The first-order chi connectivity index (χ1) is 14.5. The molecule has 1 aliphatic heterocycles. The number of hydrogen-bond acceptors (Lipinski definition) is 4. The number of ether oxygens (including phenoxy) is 1. The average molecular weight is 427 g/mol. The predicted molar refractivity (Wildman–Crippen MR) is 119 cm³/mol. The molecular formula is C24H30N2O3S. The third kappa shape index (κ3) is 4.86. The smallest absolute Gasteiger partial charge is 0.242 e. The lowest BCUT2D eigenvalue weighted by atomic mass is 10.00. The summed E-state index contributed by atoms with van der Waals surface area (Å²) in [4.78, 5) is 31.2. The van der Waals surface area contributed by atoms with Crippen molar-refractivity contribution >= 4 is 23.2 Å². The van der Waals surface area contributed by atoms with Crippen LogP contribution in [-0.4, -0.2) is 47.4 Å². The van der Waals surface area contributed by atoms with Gasteiger partial charge in [0.2, 0.25) is 11.8 Å². The summed E-state index contributed by atoms with van der Waals surface area (Å²) >= 11 is 1.75. The molecule has 0 saturated heterocycles. The first-order valence-electron chi connectivity index (χ1n) is 10.9. The Hall–Kier alpha value is -2.34. The second kappa shape index (κ2) is 9.21. The Labute approximate surface area is 182 Å². The van der Waals surface area contributed by atoms with Gasteiger partial charge in [0.1, 0.15) is 18.9 Å². The minimum absolute atomic E-state index is 0.0255. The van der Waals surface area contributed by atoms with Crippen molar-refractivity contribution < 1.29 is 14.3 Å². The summed E-state index contributed by atoms with van der Waals surface area (Å²) in [5.74, 6) is 1.23. The Morgan fingerprint density at radius 1 is 1.20 bits per heavy atom. The molecular weight excluding hydrogens is 396 g/mol. The first-order valence-corrected chi connectivity index (χ1v) is 11.7. The minimum Gasteiger partial charge on any atom is -0.491 e. The van der Waals surface area contributed by atoms with E-state index in [-0.39, 0.29) is 30.4 Å². The quantitative estimate of drug-likeness (QED) is 0.633. The molecule has 2 aromatic rings. The molecule has 1 saturated carbocycles. The fraction of sp³-hybridized carbons (Fsp3) is 0.500. The summed E-state index contributed by atoms with van der Waals surface area (Å²) in [6, 6.07) is 12.0. The van der Waals surface area contributed by atoms with Gasteiger partial charge in [0.25, 0.3) is 0 Å². The van der Waals surface area contributed by atoms with Crippen LogP contribution >= 0.6 is 11.3 Å². The zero-order valence-electron chi connectivity index (χ0n) is 17.8. The zero-order valence-corrected chi connectivity index (χ0v) is 18.6. The van der Waals surface area contributed by atoms with Crippen LogP contribution in [0.15, 0.2) is 41.8 Å². The van der Waals surface area contributed by atoms with Gasteiger partial charge in [-0.3, -0.25) is 9.59 Å². The molecule has 6 heteroatoms. The van der Waals surface area contributed by atoms with Crippen LogP contribution in [0.4, 0.5) is 0 Å². The van der Waals surface area contributed by atoms with Crippen molar-refractivity contribution in [3.05, 3.63) is 52.2 Å². The van der Waals surface area contributed by atoms with E-state index in [4.69, 9.17) is 4.74 Å². The molecule has 1 atom stereocenters. The van der Waals surface area contributed by atoms with Gasteiger partial charge in [-0.25, -0.2) is 0 Å². The van der Waals surface area contributed by atoms with Gasteiger partial charge in [-0.15, -0.1) is 11.3 Å². The molecule has 1 aromatic heterocycles. The van der Waals surface area contributed by atoms with Crippen molar-refractivity contribution in [3.8, 4) is 5.75 Å². The number of carbonyl (C=O) groups is 2. The second-order valence-electron chi connectivity index (χ2n) is 8.63. The number of benzene rings is 1. The van der Waals surface area contributed by atoms with Crippen molar-refractivity contribution in [3.63, 3.8) is 0 Å². The largest absolute Gasteiger partial charge is 0.491 e. The molecule has 4 rings (SSSR count). The lowest BCUT2D eigenvalue weighted by Gasteiger charge is -2.37. The number of amides is 2. The Bertz CT molecular complexity index is 876. The number of carbonyl (C=O) groups excluding carboxylic acids is 2. The molecule has 2 aliphatic rings. The van der Waals surface area contributed by atoms with E-state index in [0.29, 0.717) is 25.5 Å². The van der Waals surface area contributed by atoms with E-state index in [1.165, 1.54) is 10.4 Å². The maximum atomic E-state index is 13.4. The van der Waals surface area contributed by atoms with Crippen LogP contribution in [0.1, 0.15) is 49.6 Å². The van der Waals surface area contributed by atoms with Gasteiger partial charge in [0.15, 0.2) is 0 Å². The number of hydrogen-bond donors (Lipinski definition) is 0. The van der Waals surface area contributed by atoms with Crippen molar-refractivity contribution in [1.82, 2.24) is 9.80 Å². The molecule has 1 unspecified atom stereocenters. The van der Waals surface area contributed by atoms with E-state index in [9.17, 15) is 9.59 Å².